The van der Waals surface area contributed by atoms with E-state index in [9.17, 15) is 9.50 Å². The second kappa shape index (κ2) is 5.49. The molecule has 2 atom stereocenters. The number of anilines is 2. The van der Waals surface area contributed by atoms with Gasteiger partial charge in [-0.1, -0.05) is 31.2 Å². The summed E-state index contributed by atoms with van der Waals surface area (Å²) in [5, 5.41) is 9.96. The van der Waals surface area contributed by atoms with Crippen molar-refractivity contribution in [2.75, 3.05) is 11.4 Å². The van der Waals surface area contributed by atoms with E-state index in [-0.39, 0.29) is 5.82 Å². The lowest BCUT2D eigenvalue weighted by molar-refractivity contribution is 0.194. The molecular formula is C18H20FNO. The summed E-state index contributed by atoms with van der Waals surface area (Å²) in [6, 6.07) is 13.2. The monoisotopic (exact) mass is 285 g/mol. The topological polar surface area (TPSA) is 23.5 Å². The Morgan fingerprint density at radius 1 is 1.14 bits per heavy atom. The van der Waals surface area contributed by atoms with Crippen LogP contribution in [0.5, 0.6) is 0 Å². The molecule has 0 amide bonds. The molecule has 0 radical (unpaired) electrons. The van der Waals surface area contributed by atoms with Crippen molar-refractivity contribution in [1.29, 1.82) is 0 Å². The van der Waals surface area contributed by atoms with Crippen LogP contribution in [-0.4, -0.2) is 11.7 Å². The van der Waals surface area contributed by atoms with Gasteiger partial charge in [0.25, 0.3) is 0 Å². The van der Waals surface area contributed by atoms with E-state index in [2.05, 4.69) is 24.0 Å². The van der Waals surface area contributed by atoms with Crippen LogP contribution in [0.1, 0.15) is 31.1 Å². The molecule has 2 aromatic rings. The highest BCUT2D eigenvalue weighted by molar-refractivity contribution is 5.71. The van der Waals surface area contributed by atoms with Crippen molar-refractivity contribution in [3.8, 4) is 0 Å². The molecule has 110 valence electrons. The predicted molar refractivity (Wildman–Crippen MR) is 83.3 cm³/mol. The Bertz CT molecular complexity index is 653. The van der Waals surface area contributed by atoms with Gasteiger partial charge in [-0.25, -0.2) is 4.39 Å². The van der Waals surface area contributed by atoms with Crippen molar-refractivity contribution in [2.24, 2.45) is 5.92 Å². The molecule has 0 saturated heterocycles. The number of halogens is 1. The molecule has 3 rings (SSSR count). The Balaban J connectivity index is 2.15. The molecule has 1 N–H and O–H groups in total. The average molecular weight is 285 g/mol. The number of hydrogen-bond acceptors (Lipinski definition) is 2. The second-order valence-electron chi connectivity index (χ2n) is 5.90. The largest absolute Gasteiger partial charge is 0.389 e. The van der Waals surface area contributed by atoms with Crippen molar-refractivity contribution >= 4 is 11.4 Å². The minimum Gasteiger partial charge on any atom is -0.389 e. The number of fused-ring (bicyclic) bond motifs is 1. The SMILES string of the molecule is CC1Cc2ccccc2N(c2cccc(F)c2[C@@H](C)O)C1. The maximum Gasteiger partial charge on any atom is 0.131 e. The molecule has 3 heteroatoms. The second-order valence-corrected chi connectivity index (χ2v) is 5.90. The van der Waals surface area contributed by atoms with Crippen LogP contribution in [0.4, 0.5) is 15.8 Å². The Morgan fingerprint density at radius 3 is 2.62 bits per heavy atom. The Morgan fingerprint density at radius 2 is 1.86 bits per heavy atom. The van der Waals surface area contributed by atoms with E-state index in [1.165, 1.54) is 11.6 Å². The van der Waals surface area contributed by atoms with E-state index in [4.69, 9.17) is 0 Å². The summed E-state index contributed by atoms with van der Waals surface area (Å²) in [6.07, 6.45) is 0.206. The lowest BCUT2D eigenvalue weighted by Gasteiger charge is -2.36. The van der Waals surface area contributed by atoms with Gasteiger partial charge in [0.15, 0.2) is 0 Å². The molecule has 21 heavy (non-hydrogen) atoms. The van der Waals surface area contributed by atoms with Gasteiger partial charge >= 0.3 is 0 Å². The normalized spacial score (nSPS) is 19.2. The highest BCUT2D eigenvalue weighted by atomic mass is 19.1. The van der Waals surface area contributed by atoms with Crippen LogP contribution in [0.25, 0.3) is 0 Å². The Labute approximate surface area is 124 Å². The molecule has 1 aliphatic heterocycles. The van der Waals surface area contributed by atoms with Crippen LogP contribution in [0.15, 0.2) is 42.5 Å². The average Bonchev–Trinajstić information content (AvgIpc) is 2.45. The summed E-state index contributed by atoms with van der Waals surface area (Å²) in [4.78, 5) is 2.13. The molecule has 0 fully saturated rings. The number of rotatable bonds is 2. The standard InChI is InChI=1S/C18H20FNO/c1-12-10-14-6-3-4-8-16(14)20(11-12)17-9-5-7-15(19)18(17)13(2)21/h3-9,12-13,21H,10-11H2,1-2H3/t12?,13-/m1/s1. The van der Waals surface area contributed by atoms with Gasteiger partial charge in [0.1, 0.15) is 5.82 Å². The lowest BCUT2D eigenvalue weighted by Crippen LogP contribution is -2.31. The third kappa shape index (κ3) is 2.54. The zero-order chi connectivity index (χ0) is 15.0. The molecule has 0 aromatic heterocycles. The van der Waals surface area contributed by atoms with Gasteiger partial charge < -0.3 is 10.0 Å². The minimum absolute atomic E-state index is 0.349. The molecule has 0 spiro atoms. The van der Waals surface area contributed by atoms with Crippen molar-refractivity contribution in [3.05, 3.63) is 59.4 Å². The van der Waals surface area contributed by atoms with E-state index in [1.807, 2.05) is 18.2 Å². The molecule has 0 bridgehead atoms. The van der Waals surface area contributed by atoms with E-state index in [1.54, 1.807) is 13.0 Å². The van der Waals surface area contributed by atoms with Gasteiger partial charge in [0.2, 0.25) is 0 Å². The van der Waals surface area contributed by atoms with Crippen LogP contribution in [0.2, 0.25) is 0 Å². The molecule has 0 saturated carbocycles. The first-order chi connectivity index (χ1) is 10.1. The first kappa shape index (κ1) is 14.1. The quantitative estimate of drug-likeness (QED) is 0.893. The summed E-state index contributed by atoms with van der Waals surface area (Å²) in [6.45, 7) is 4.64. The van der Waals surface area contributed by atoms with Crippen molar-refractivity contribution < 1.29 is 9.50 Å². The van der Waals surface area contributed by atoms with Gasteiger partial charge in [-0.3, -0.25) is 0 Å². The van der Waals surface area contributed by atoms with Gasteiger partial charge in [-0.05, 0) is 43.0 Å². The Hall–Kier alpha value is -1.87. The van der Waals surface area contributed by atoms with Crippen LogP contribution in [0.3, 0.4) is 0 Å². The first-order valence-electron chi connectivity index (χ1n) is 7.40. The van der Waals surface area contributed by atoms with Crippen molar-refractivity contribution in [2.45, 2.75) is 26.4 Å². The van der Waals surface area contributed by atoms with Crippen LogP contribution in [-0.2, 0) is 6.42 Å². The molecule has 1 unspecified atom stereocenters. The third-order valence-electron chi connectivity index (χ3n) is 4.08. The molecule has 0 aliphatic carbocycles. The Kier molecular flexibility index (Phi) is 3.68. The van der Waals surface area contributed by atoms with Crippen molar-refractivity contribution in [1.82, 2.24) is 0 Å². The maximum atomic E-state index is 14.1. The molecule has 2 aromatic carbocycles. The highest BCUT2D eigenvalue weighted by Gasteiger charge is 2.26. The molecule has 2 nitrogen and oxygen atoms in total. The van der Waals surface area contributed by atoms with E-state index in [0.717, 1.165) is 24.3 Å². The van der Waals surface area contributed by atoms with Gasteiger partial charge in [0.05, 0.1) is 6.10 Å². The number of aliphatic hydroxyl groups is 1. The maximum absolute atomic E-state index is 14.1. The number of aliphatic hydroxyl groups excluding tert-OH is 1. The molecular weight excluding hydrogens is 265 g/mol. The zero-order valence-corrected chi connectivity index (χ0v) is 12.4. The zero-order valence-electron chi connectivity index (χ0n) is 12.4. The van der Waals surface area contributed by atoms with Gasteiger partial charge in [0, 0.05) is 23.5 Å². The smallest absolute Gasteiger partial charge is 0.131 e. The summed E-state index contributed by atoms with van der Waals surface area (Å²) in [5.41, 5.74) is 3.53. The number of para-hydroxylation sites is 1. The minimum atomic E-state index is -0.828. The highest BCUT2D eigenvalue weighted by Crippen LogP contribution is 2.39. The van der Waals surface area contributed by atoms with Gasteiger partial charge in [-0.15, -0.1) is 0 Å². The predicted octanol–water partition coefficient (Wildman–Crippen LogP) is 4.21. The third-order valence-corrected chi connectivity index (χ3v) is 4.08. The van der Waals surface area contributed by atoms with E-state index in [0.29, 0.717) is 11.5 Å². The number of benzene rings is 2. The summed E-state index contributed by atoms with van der Waals surface area (Å²) in [5.74, 6) is 0.142. The summed E-state index contributed by atoms with van der Waals surface area (Å²) >= 11 is 0. The first-order valence-corrected chi connectivity index (χ1v) is 7.40. The summed E-state index contributed by atoms with van der Waals surface area (Å²) in [7, 11) is 0. The van der Waals surface area contributed by atoms with E-state index >= 15 is 0 Å². The lowest BCUT2D eigenvalue weighted by atomic mass is 9.92. The summed E-state index contributed by atoms with van der Waals surface area (Å²) < 4.78 is 14.1. The molecule has 1 aliphatic rings. The fraction of sp³-hybridized carbons (Fsp3) is 0.333. The number of hydrogen-bond donors (Lipinski definition) is 1. The fourth-order valence-corrected chi connectivity index (χ4v) is 3.20. The van der Waals surface area contributed by atoms with Crippen LogP contribution in [0, 0.1) is 11.7 Å². The van der Waals surface area contributed by atoms with E-state index < -0.39 is 6.10 Å². The fourth-order valence-electron chi connectivity index (χ4n) is 3.20. The van der Waals surface area contributed by atoms with Crippen LogP contribution < -0.4 is 4.90 Å². The van der Waals surface area contributed by atoms with Gasteiger partial charge in [-0.2, -0.15) is 0 Å². The van der Waals surface area contributed by atoms with Crippen LogP contribution >= 0.6 is 0 Å². The number of nitrogens with zero attached hydrogens (tertiary/aromatic N) is 1. The molecule has 1 heterocycles. The van der Waals surface area contributed by atoms with Crippen molar-refractivity contribution in [3.63, 3.8) is 0 Å².